The molecule has 1 atom stereocenters. The van der Waals surface area contributed by atoms with Crippen LogP contribution in [0, 0.1) is 11.7 Å². The summed E-state index contributed by atoms with van der Waals surface area (Å²) in [5.41, 5.74) is 4.69. The van der Waals surface area contributed by atoms with E-state index >= 15 is 0 Å². The van der Waals surface area contributed by atoms with Gasteiger partial charge in [0.1, 0.15) is 11.4 Å². The predicted molar refractivity (Wildman–Crippen MR) is 60.2 cm³/mol. The SMILES string of the molecule is CC(CN)C(=O)Nc1cccc(F)c1C(=O)O. The minimum Gasteiger partial charge on any atom is -0.478 e. The summed E-state index contributed by atoms with van der Waals surface area (Å²) in [6.45, 7) is 1.72. The molecule has 5 nitrogen and oxygen atoms in total. The van der Waals surface area contributed by atoms with E-state index in [0.29, 0.717) is 0 Å². The Bertz CT molecular complexity index is 448. The van der Waals surface area contributed by atoms with Crippen LogP contribution in [0.25, 0.3) is 0 Å². The van der Waals surface area contributed by atoms with Gasteiger partial charge < -0.3 is 16.2 Å². The van der Waals surface area contributed by atoms with Gasteiger partial charge in [-0.2, -0.15) is 0 Å². The van der Waals surface area contributed by atoms with E-state index in [1.165, 1.54) is 12.1 Å². The average molecular weight is 240 g/mol. The van der Waals surface area contributed by atoms with Crippen molar-refractivity contribution in [3.63, 3.8) is 0 Å². The molecule has 0 aromatic heterocycles. The summed E-state index contributed by atoms with van der Waals surface area (Å²) in [5.74, 6) is -3.24. The molecule has 0 fully saturated rings. The van der Waals surface area contributed by atoms with Crippen molar-refractivity contribution in [3.05, 3.63) is 29.6 Å². The number of nitrogens with one attached hydrogen (secondary N) is 1. The Morgan fingerprint density at radius 3 is 2.71 bits per heavy atom. The van der Waals surface area contributed by atoms with E-state index in [1.54, 1.807) is 6.92 Å². The lowest BCUT2D eigenvalue weighted by Gasteiger charge is -2.12. The van der Waals surface area contributed by atoms with Gasteiger partial charge in [-0.05, 0) is 12.1 Å². The van der Waals surface area contributed by atoms with E-state index < -0.39 is 29.2 Å². The Balaban J connectivity index is 3.03. The number of carbonyl (C=O) groups is 2. The lowest BCUT2D eigenvalue weighted by atomic mass is 10.1. The second-order valence-electron chi connectivity index (χ2n) is 3.59. The van der Waals surface area contributed by atoms with Crippen molar-refractivity contribution >= 4 is 17.6 Å². The molecule has 4 N–H and O–H groups in total. The highest BCUT2D eigenvalue weighted by molar-refractivity contribution is 6.01. The summed E-state index contributed by atoms with van der Waals surface area (Å²) in [6.07, 6.45) is 0. The quantitative estimate of drug-likeness (QED) is 0.733. The second kappa shape index (κ2) is 5.40. The molecule has 0 aliphatic heterocycles. The fourth-order valence-electron chi connectivity index (χ4n) is 1.21. The van der Waals surface area contributed by atoms with Gasteiger partial charge in [-0.3, -0.25) is 4.79 Å². The van der Waals surface area contributed by atoms with Crippen molar-refractivity contribution in [2.24, 2.45) is 11.7 Å². The van der Waals surface area contributed by atoms with Crippen LogP contribution in [0.2, 0.25) is 0 Å². The van der Waals surface area contributed by atoms with Crippen molar-refractivity contribution < 1.29 is 19.1 Å². The Hall–Kier alpha value is -1.95. The van der Waals surface area contributed by atoms with Gasteiger partial charge in [0.05, 0.1) is 5.69 Å². The molecule has 1 aromatic carbocycles. The molecule has 0 bridgehead atoms. The van der Waals surface area contributed by atoms with Gasteiger partial charge in [-0.25, -0.2) is 9.18 Å². The molecule has 6 heteroatoms. The van der Waals surface area contributed by atoms with E-state index in [0.717, 1.165) is 6.07 Å². The van der Waals surface area contributed by atoms with Crippen molar-refractivity contribution in [2.45, 2.75) is 6.92 Å². The van der Waals surface area contributed by atoms with Gasteiger partial charge in [0.25, 0.3) is 0 Å². The molecule has 92 valence electrons. The molecular weight excluding hydrogens is 227 g/mol. The van der Waals surface area contributed by atoms with Crippen LogP contribution < -0.4 is 11.1 Å². The number of benzene rings is 1. The number of amides is 1. The molecule has 1 unspecified atom stereocenters. The van der Waals surface area contributed by atoms with Crippen molar-refractivity contribution in [1.29, 1.82) is 0 Å². The fourth-order valence-corrected chi connectivity index (χ4v) is 1.21. The summed E-state index contributed by atoms with van der Waals surface area (Å²) in [6, 6.07) is 3.67. The third-order valence-corrected chi connectivity index (χ3v) is 2.29. The normalized spacial score (nSPS) is 11.9. The third-order valence-electron chi connectivity index (χ3n) is 2.29. The zero-order valence-corrected chi connectivity index (χ0v) is 9.24. The van der Waals surface area contributed by atoms with E-state index in [-0.39, 0.29) is 12.2 Å². The monoisotopic (exact) mass is 240 g/mol. The van der Waals surface area contributed by atoms with Gasteiger partial charge in [-0.15, -0.1) is 0 Å². The number of halogens is 1. The summed E-state index contributed by atoms with van der Waals surface area (Å²) in [7, 11) is 0. The van der Waals surface area contributed by atoms with Crippen LogP contribution in [-0.2, 0) is 4.79 Å². The number of anilines is 1. The lowest BCUT2D eigenvalue weighted by Crippen LogP contribution is -2.27. The van der Waals surface area contributed by atoms with Crippen LogP contribution in [0.3, 0.4) is 0 Å². The highest BCUT2D eigenvalue weighted by Gasteiger charge is 2.19. The Morgan fingerprint density at radius 1 is 1.53 bits per heavy atom. The zero-order chi connectivity index (χ0) is 13.0. The van der Waals surface area contributed by atoms with Crippen molar-refractivity contribution in [2.75, 3.05) is 11.9 Å². The van der Waals surface area contributed by atoms with Gasteiger partial charge in [0.2, 0.25) is 5.91 Å². The van der Waals surface area contributed by atoms with Gasteiger partial charge in [-0.1, -0.05) is 13.0 Å². The van der Waals surface area contributed by atoms with Crippen LogP contribution >= 0.6 is 0 Å². The molecule has 0 aliphatic rings. The molecule has 1 aromatic rings. The number of rotatable bonds is 4. The first kappa shape index (κ1) is 13.1. The average Bonchev–Trinajstić information content (AvgIpc) is 2.27. The number of aromatic carboxylic acids is 1. The van der Waals surface area contributed by atoms with Gasteiger partial charge >= 0.3 is 5.97 Å². The summed E-state index contributed by atoms with van der Waals surface area (Å²) in [4.78, 5) is 22.4. The molecule has 0 aliphatic carbocycles. The van der Waals surface area contributed by atoms with Crippen LogP contribution in [0.1, 0.15) is 17.3 Å². The van der Waals surface area contributed by atoms with Gasteiger partial charge in [0.15, 0.2) is 0 Å². The molecular formula is C11H13FN2O3. The number of carbonyl (C=O) groups excluding carboxylic acids is 1. The first-order valence-electron chi connectivity index (χ1n) is 5.00. The smallest absolute Gasteiger partial charge is 0.340 e. The highest BCUT2D eigenvalue weighted by atomic mass is 19.1. The molecule has 17 heavy (non-hydrogen) atoms. The maximum Gasteiger partial charge on any atom is 0.340 e. The Kier molecular flexibility index (Phi) is 4.17. The zero-order valence-electron chi connectivity index (χ0n) is 9.24. The Labute approximate surface area is 97.4 Å². The predicted octanol–water partition coefficient (Wildman–Crippen LogP) is 1.06. The molecule has 0 radical (unpaired) electrons. The lowest BCUT2D eigenvalue weighted by molar-refractivity contribution is -0.119. The largest absolute Gasteiger partial charge is 0.478 e. The summed E-state index contributed by atoms with van der Waals surface area (Å²) < 4.78 is 13.3. The van der Waals surface area contributed by atoms with E-state index in [1.807, 2.05) is 0 Å². The molecule has 0 heterocycles. The molecule has 0 spiro atoms. The van der Waals surface area contributed by atoms with E-state index in [2.05, 4.69) is 5.32 Å². The molecule has 1 rings (SSSR count). The minimum atomic E-state index is -1.43. The minimum absolute atomic E-state index is 0.0669. The second-order valence-corrected chi connectivity index (χ2v) is 3.59. The summed E-state index contributed by atoms with van der Waals surface area (Å²) >= 11 is 0. The van der Waals surface area contributed by atoms with Crippen molar-refractivity contribution in [1.82, 2.24) is 0 Å². The number of hydrogen-bond donors (Lipinski definition) is 3. The van der Waals surface area contributed by atoms with Crippen LogP contribution in [-0.4, -0.2) is 23.5 Å². The number of hydrogen-bond acceptors (Lipinski definition) is 3. The van der Waals surface area contributed by atoms with Crippen LogP contribution in [0.15, 0.2) is 18.2 Å². The van der Waals surface area contributed by atoms with Crippen molar-refractivity contribution in [3.8, 4) is 0 Å². The molecule has 1 amide bonds. The van der Waals surface area contributed by atoms with Crippen LogP contribution in [0.5, 0.6) is 0 Å². The van der Waals surface area contributed by atoms with E-state index in [4.69, 9.17) is 10.8 Å². The molecule has 0 saturated heterocycles. The summed E-state index contributed by atoms with van der Waals surface area (Å²) in [5, 5.41) is 11.2. The van der Waals surface area contributed by atoms with E-state index in [9.17, 15) is 14.0 Å². The standard InChI is InChI=1S/C11H13FN2O3/c1-6(5-13)10(15)14-8-4-2-3-7(12)9(8)11(16)17/h2-4,6H,5,13H2,1H3,(H,14,15)(H,16,17). The Morgan fingerprint density at radius 2 is 2.18 bits per heavy atom. The first-order valence-corrected chi connectivity index (χ1v) is 5.00. The first-order chi connectivity index (χ1) is 7.97. The van der Waals surface area contributed by atoms with Crippen LogP contribution in [0.4, 0.5) is 10.1 Å². The fraction of sp³-hybridized carbons (Fsp3) is 0.273. The highest BCUT2D eigenvalue weighted by Crippen LogP contribution is 2.19. The number of carboxylic acid groups (broad SMARTS) is 1. The molecule has 0 saturated carbocycles. The third kappa shape index (κ3) is 3.01. The maximum absolute atomic E-state index is 13.3. The number of carboxylic acids is 1. The van der Waals surface area contributed by atoms with Gasteiger partial charge in [0, 0.05) is 12.5 Å². The number of nitrogens with two attached hydrogens (primary N) is 1. The topological polar surface area (TPSA) is 92.4 Å². The maximum atomic E-state index is 13.3.